The third-order valence-electron chi connectivity index (χ3n) is 5.80. The number of hydrogen-bond acceptors (Lipinski definition) is 3. The molecule has 122 valence electrons. The predicted octanol–water partition coefficient (Wildman–Crippen LogP) is 1.73. The molecule has 3 aliphatic rings. The van der Waals surface area contributed by atoms with Gasteiger partial charge in [0.15, 0.2) is 0 Å². The summed E-state index contributed by atoms with van der Waals surface area (Å²) in [6, 6.07) is 0.175. The summed E-state index contributed by atoms with van der Waals surface area (Å²) in [7, 11) is 1.99. The van der Waals surface area contributed by atoms with Gasteiger partial charge in [0.2, 0.25) is 5.91 Å². The molecule has 0 bridgehead atoms. The third kappa shape index (κ3) is 2.54. The van der Waals surface area contributed by atoms with Crippen LogP contribution < -0.4 is 10.6 Å². The van der Waals surface area contributed by atoms with E-state index in [4.69, 9.17) is 0 Å². The Morgan fingerprint density at radius 2 is 2.23 bits per heavy atom. The fourth-order valence-electron chi connectivity index (χ4n) is 4.32. The molecular formula is C16H25ClN4O. The van der Waals surface area contributed by atoms with E-state index in [0.29, 0.717) is 5.41 Å². The number of aromatic nitrogens is 2. The highest BCUT2D eigenvalue weighted by Crippen LogP contribution is 2.58. The van der Waals surface area contributed by atoms with Crippen LogP contribution in [0.1, 0.15) is 49.4 Å². The average molecular weight is 325 g/mol. The van der Waals surface area contributed by atoms with E-state index in [0.717, 1.165) is 51.6 Å². The van der Waals surface area contributed by atoms with E-state index in [1.165, 1.54) is 11.3 Å². The monoisotopic (exact) mass is 324 g/mol. The van der Waals surface area contributed by atoms with Crippen molar-refractivity contribution in [2.75, 3.05) is 13.1 Å². The second-order valence-corrected chi connectivity index (χ2v) is 6.99. The summed E-state index contributed by atoms with van der Waals surface area (Å²) in [4.78, 5) is 12.6. The highest BCUT2D eigenvalue weighted by Gasteiger charge is 2.57. The Morgan fingerprint density at radius 1 is 1.45 bits per heavy atom. The Morgan fingerprint density at radius 3 is 3.00 bits per heavy atom. The first kappa shape index (κ1) is 15.8. The smallest absolute Gasteiger partial charge is 0.224 e. The number of fused-ring (bicyclic) bond motifs is 1. The van der Waals surface area contributed by atoms with Gasteiger partial charge in [0, 0.05) is 24.2 Å². The molecule has 0 radical (unpaired) electrons. The van der Waals surface area contributed by atoms with Gasteiger partial charge < -0.3 is 10.6 Å². The van der Waals surface area contributed by atoms with Gasteiger partial charge in [0.1, 0.15) is 0 Å². The van der Waals surface area contributed by atoms with Crippen LogP contribution in [0.2, 0.25) is 0 Å². The molecule has 22 heavy (non-hydrogen) atoms. The number of piperidine rings is 1. The molecule has 5 nitrogen and oxygen atoms in total. The Balaban J connectivity index is 0.00000144. The number of nitrogens with zero attached hydrogens (tertiary/aromatic N) is 2. The predicted molar refractivity (Wildman–Crippen MR) is 86.9 cm³/mol. The van der Waals surface area contributed by atoms with E-state index in [2.05, 4.69) is 15.7 Å². The van der Waals surface area contributed by atoms with Crippen molar-refractivity contribution in [1.29, 1.82) is 0 Å². The molecule has 2 fully saturated rings. The number of carbonyl (C=O) groups excluding carboxylic acids is 1. The van der Waals surface area contributed by atoms with Crippen molar-refractivity contribution in [2.45, 2.75) is 44.6 Å². The molecule has 1 amide bonds. The van der Waals surface area contributed by atoms with E-state index >= 15 is 0 Å². The number of amides is 1. The zero-order chi connectivity index (χ0) is 14.4. The first-order chi connectivity index (χ1) is 10.2. The summed E-state index contributed by atoms with van der Waals surface area (Å²) >= 11 is 0. The van der Waals surface area contributed by atoms with Gasteiger partial charge in [-0.1, -0.05) is 0 Å². The van der Waals surface area contributed by atoms with E-state index in [1.54, 1.807) is 0 Å². The molecule has 2 unspecified atom stereocenters. The van der Waals surface area contributed by atoms with Crippen LogP contribution in [0, 0.1) is 11.3 Å². The lowest BCUT2D eigenvalue weighted by atomic mass is 9.90. The van der Waals surface area contributed by atoms with Crippen molar-refractivity contribution in [1.82, 2.24) is 20.4 Å². The minimum Gasteiger partial charge on any atom is -0.349 e. The van der Waals surface area contributed by atoms with Gasteiger partial charge in [0.05, 0.1) is 12.2 Å². The van der Waals surface area contributed by atoms with Crippen LogP contribution in [0.15, 0.2) is 6.20 Å². The summed E-state index contributed by atoms with van der Waals surface area (Å²) < 4.78 is 1.96. The summed E-state index contributed by atoms with van der Waals surface area (Å²) in [5, 5.41) is 11.1. The van der Waals surface area contributed by atoms with Crippen LogP contribution >= 0.6 is 12.4 Å². The largest absolute Gasteiger partial charge is 0.349 e. The first-order valence-corrected chi connectivity index (χ1v) is 8.21. The Hall–Kier alpha value is -1.07. The minimum absolute atomic E-state index is 0. The Bertz CT molecular complexity index is 564. The molecule has 2 aliphatic carbocycles. The Labute approximate surface area is 137 Å². The maximum absolute atomic E-state index is 12.6. The molecule has 1 saturated carbocycles. The van der Waals surface area contributed by atoms with Crippen LogP contribution in [0.4, 0.5) is 0 Å². The van der Waals surface area contributed by atoms with E-state index < -0.39 is 0 Å². The maximum Gasteiger partial charge on any atom is 0.224 e. The van der Waals surface area contributed by atoms with Gasteiger partial charge in [-0.15, -0.1) is 12.4 Å². The Kier molecular flexibility index (Phi) is 4.21. The molecule has 1 saturated heterocycles. The van der Waals surface area contributed by atoms with Crippen molar-refractivity contribution >= 4 is 18.3 Å². The normalized spacial score (nSPS) is 28.6. The van der Waals surface area contributed by atoms with Crippen molar-refractivity contribution < 1.29 is 4.79 Å². The topological polar surface area (TPSA) is 59.0 Å². The molecule has 2 atom stereocenters. The number of rotatable bonds is 2. The summed E-state index contributed by atoms with van der Waals surface area (Å²) in [5.41, 5.74) is 2.85. The molecule has 2 N–H and O–H groups in total. The van der Waals surface area contributed by atoms with Crippen LogP contribution in [0.5, 0.6) is 0 Å². The molecule has 1 aliphatic heterocycles. The van der Waals surface area contributed by atoms with Gasteiger partial charge in [-0.05, 0) is 57.0 Å². The van der Waals surface area contributed by atoms with Crippen molar-refractivity contribution in [3.63, 3.8) is 0 Å². The van der Waals surface area contributed by atoms with Crippen molar-refractivity contribution in [3.8, 4) is 0 Å². The highest BCUT2D eigenvalue weighted by molar-refractivity contribution is 5.85. The molecule has 0 aromatic carbocycles. The van der Waals surface area contributed by atoms with Crippen LogP contribution in [0.25, 0.3) is 0 Å². The quantitative estimate of drug-likeness (QED) is 0.871. The lowest BCUT2D eigenvalue weighted by Crippen LogP contribution is -2.36. The zero-order valence-corrected chi connectivity index (χ0v) is 13.9. The fraction of sp³-hybridized carbons (Fsp3) is 0.750. The molecular weight excluding hydrogens is 300 g/mol. The lowest BCUT2D eigenvalue weighted by Gasteiger charge is -2.26. The second kappa shape index (κ2) is 5.85. The number of halogens is 1. The number of hydrogen-bond donors (Lipinski definition) is 2. The second-order valence-electron chi connectivity index (χ2n) is 6.99. The standard InChI is InChI=1S/C16H24N4O.ClH/c1-20-14-4-2-3-13(11(14)10-18-20)19-15(21)12-9-16(12)5-7-17-8-6-16;/h10,12-13,17H,2-9H2,1H3,(H,19,21);1H. The molecule has 6 heteroatoms. The van der Waals surface area contributed by atoms with Crippen LogP contribution in [-0.2, 0) is 18.3 Å². The van der Waals surface area contributed by atoms with Gasteiger partial charge in [-0.3, -0.25) is 9.48 Å². The van der Waals surface area contributed by atoms with Gasteiger partial charge in [-0.25, -0.2) is 0 Å². The van der Waals surface area contributed by atoms with Crippen molar-refractivity contribution in [3.05, 3.63) is 17.5 Å². The van der Waals surface area contributed by atoms with Gasteiger partial charge >= 0.3 is 0 Å². The summed E-state index contributed by atoms with van der Waals surface area (Å²) in [6.07, 6.45) is 8.61. The van der Waals surface area contributed by atoms with Crippen molar-refractivity contribution in [2.24, 2.45) is 18.4 Å². The van der Waals surface area contributed by atoms with Gasteiger partial charge in [-0.2, -0.15) is 5.10 Å². The highest BCUT2D eigenvalue weighted by atomic mass is 35.5. The molecule has 2 heterocycles. The first-order valence-electron chi connectivity index (χ1n) is 8.21. The lowest BCUT2D eigenvalue weighted by molar-refractivity contribution is -0.124. The third-order valence-corrected chi connectivity index (χ3v) is 5.80. The van der Waals surface area contributed by atoms with E-state index in [9.17, 15) is 4.79 Å². The molecule has 1 aromatic heterocycles. The minimum atomic E-state index is 0. The zero-order valence-electron chi connectivity index (χ0n) is 13.1. The number of aryl methyl sites for hydroxylation is 1. The van der Waals surface area contributed by atoms with Crippen LogP contribution in [0.3, 0.4) is 0 Å². The molecule has 4 rings (SSSR count). The molecule has 1 spiro atoms. The summed E-state index contributed by atoms with van der Waals surface area (Å²) in [5.74, 6) is 0.528. The number of carbonyl (C=O) groups is 1. The molecule has 1 aromatic rings. The fourth-order valence-corrected chi connectivity index (χ4v) is 4.32. The van der Waals surface area contributed by atoms with E-state index in [-0.39, 0.29) is 30.3 Å². The summed E-state index contributed by atoms with van der Waals surface area (Å²) in [6.45, 7) is 2.14. The van der Waals surface area contributed by atoms with Crippen LogP contribution in [-0.4, -0.2) is 28.8 Å². The maximum atomic E-state index is 12.6. The SMILES string of the molecule is Cl.Cn1ncc2c1CCCC2NC(=O)C1CC12CCNCC2. The van der Waals surface area contributed by atoms with Gasteiger partial charge in [0.25, 0.3) is 0 Å². The average Bonchev–Trinajstić information content (AvgIpc) is 3.05. The van der Waals surface area contributed by atoms with E-state index in [1.807, 2.05) is 17.9 Å². The number of nitrogens with one attached hydrogen (secondary N) is 2.